The molecule has 0 amide bonds. The Balaban J connectivity index is 2.43. The number of rotatable bonds is 0. The summed E-state index contributed by atoms with van der Waals surface area (Å²) in [5.41, 5.74) is 12.7. The number of allylic oxidation sites excluding steroid dienone is 4. The van der Waals surface area contributed by atoms with Crippen molar-refractivity contribution >= 4 is 11.8 Å². The molecular weight excluding hydrogens is 182 g/mol. The maximum Gasteiger partial charge on any atom is 0.139 e. The van der Waals surface area contributed by atoms with E-state index in [9.17, 15) is 0 Å². The van der Waals surface area contributed by atoms with Gasteiger partial charge in [0.05, 0.1) is 5.03 Å². The zero-order valence-electron chi connectivity index (χ0n) is 7.32. The van der Waals surface area contributed by atoms with E-state index in [1.807, 2.05) is 36.3 Å². The van der Waals surface area contributed by atoms with Gasteiger partial charge >= 0.3 is 0 Å². The molecular formula is C9H11N3S. The molecule has 13 heavy (non-hydrogen) atoms. The van der Waals surface area contributed by atoms with Crippen LogP contribution < -0.4 is 11.5 Å². The van der Waals surface area contributed by atoms with Gasteiger partial charge in [-0.15, -0.1) is 0 Å². The maximum atomic E-state index is 5.81. The van der Waals surface area contributed by atoms with Crippen molar-refractivity contribution in [2.75, 3.05) is 0 Å². The standard InChI is InChI=1S/C9H11N3S/c1-6-3-2-4-7-12(5-6)8(10)9(11)13-7/h2-5H,10-11H2,1H3. The molecule has 3 nitrogen and oxygen atoms in total. The Morgan fingerprint density at radius 1 is 1.38 bits per heavy atom. The molecule has 0 aromatic heterocycles. The minimum absolute atomic E-state index is 0.624. The number of hydrogen-bond donors (Lipinski definition) is 2. The van der Waals surface area contributed by atoms with Crippen molar-refractivity contribution in [3.05, 3.63) is 45.9 Å². The lowest BCUT2D eigenvalue weighted by Crippen LogP contribution is -2.18. The van der Waals surface area contributed by atoms with Gasteiger partial charge in [-0.05, 0) is 18.6 Å². The van der Waals surface area contributed by atoms with Crippen molar-refractivity contribution < 1.29 is 0 Å². The van der Waals surface area contributed by atoms with Crippen molar-refractivity contribution in [2.45, 2.75) is 6.92 Å². The summed E-state index contributed by atoms with van der Waals surface area (Å²) in [6.07, 6.45) is 8.03. The molecule has 68 valence electrons. The number of fused-ring (bicyclic) bond motifs is 1. The number of thioether (sulfide) groups is 1. The SMILES string of the molecule is CC1=CN2C(=CC=C1)SC(N)=C2N. The van der Waals surface area contributed by atoms with Crippen LogP contribution in [-0.2, 0) is 0 Å². The van der Waals surface area contributed by atoms with E-state index in [-0.39, 0.29) is 0 Å². The van der Waals surface area contributed by atoms with Crippen molar-refractivity contribution in [1.29, 1.82) is 0 Å². The molecule has 4 N–H and O–H groups in total. The highest BCUT2D eigenvalue weighted by molar-refractivity contribution is 8.06. The van der Waals surface area contributed by atoms with Crippen LogP contribution in [0.5, 0.6) is 0 Å². The van der Waals surface area contributed by atoms with Crippen LogP contribution in [0.1, 0.15) is 6.92 Å². The molecule has 0 fully saturated rings. The summed E-state index contributed by atoms with van der Waals surface area (Å²) >= 11 is 1.50. The molecule has 0 saturated heterocycles. The first-order chi connectivity index (χ1) is 6.18. The summed E-state index contributed by atoms with van der Waals surface area (Å²) in [5.74, 6) is 0.624. The largest absolute Gasteiger partial charge is 0.390 e. The summed E-state index contributed by atoms with van der Waals surface area (Å²) in [6, 6.07) is 0. The van der Waals surface area contributed by atoms with Gasteiger partial charge in [0.25, 0.3) is 0 Å². The van der Waals surface area contributed by atoms with Crippen LogP contribution >= 0.6 is 11.8 Å². The maximum absolute atomic E-state index is 5.81. The smallest absolute Gasteiger partial charge is 0.139 e. The van der Waals surface area contributed by atoms with Gasteiger partial charge in [0.1, 0.15) is 10.9 Å². The topological polar surface area (TPSA) is 55.3 Å². The Labute approximate surface area is 81.5 Å². The first-order valence-corrected chi connectivity index (χ1v) is 4.79. The fourth-order valence-electron chi connectivity index (χ4n) is 1.23. The van der Waals surface area contributed by atoms with Gasteiger partial charge in [0, 0.05) is 6.20 Å². The second-order valence-electron chi connectivity index (χ2n) is 2.96. The number of nitrogens with zero attached hydrogens (tertiary/aromatic N) is 1. The zero-order chi connectivity index (χ0) is 9.42. The lowest BCUT2D eigenvalue weighted by Gasteiger charge is -2.14. The van der Waals surface area contributed by atoms with E-state index in [2.05, 4.69) is 0 Å². The summed E-state index contributed by atoms with van der Waals surface area (Å²) < 4.78 is 0. The van der Waals surface area contributed by atoms with E-state index in [1.54, 1.807) is 0 Å². The van der Waals surface area contributed by atoms with Crippen LogP contribution in [0, 0.1) is 0 Å². The molecule has 4 heteroatoms. The molecule has 0 atom stereocenters. The Morgan fingerprint density at radius 2 is 2.15 bits per heavy atom. The second-order valence-corrected chi connectivity index (χ2v) is 4.02. The molecule has 2 aliphatic rings. The molecule has 0 unspecified atom stereocenters. The van der Waals surface area contributed by atoms with Crippen molar-refractivity contribution in [2.24, 2.45) is 11.5 Å². The van der Waals surface area contributed by atoms with E-state index in [0.29, 0.717) is 10.9 Å². The second kappa shape index (κ2) is 2.88. The predicted octanol–water partition coefficient (Wildman–Crippen LogP) is 1.39. The van der Waals surface area contributed by atoms with Crippen LogP contribution in [0.15, 0.2) is 45.9 Å². The van der Waals surface area contributed by atoms with Gasteiger partial charge in [-0.25, -0.2) is 0 Å². The van der Waals surface area contributed by atoms with Crippen LogP contribution in [-0.4, -0.2) is 4.90 Å². The average Bonchev–Trinajstić information content (AvgIpc) is 2.29. The summed E-state index contributed by atoms with van der Waals surface area (Å²) in [4.78, 5) is 1.91. The molecule has 0 radical (unpaired) electrons. The first kappa shape index (κ1) is 8.31. The third-order valence-corrected chi connectivity index (χ3v) is 2.87. The fourth-order valence-corrected chi connectivity index (χ4v) is 2.05. The molecule has 0 aromatic carbocycles. The highest BCUT2D eigenvalue weighted by Gasteiger charge is 2.23. The Kier molecular flexibility index (Phi) is 1.84. The van der Waals surface area contributed by atoms with Gasteiger partial charge in [0.15, 0.2) is 0 Å². The van der Waals surface area contributed by atoms with E-state index in [4.69, 9.17) is 11.5 Å². The van der Waals surface area contributed by atoms with Gasteiger partial charge in [0.2, 0.25) is 0 Å². The summed E-state index contributed by atoms with van der Waals surface area (Å²) in [5, 5.41) is 1.73. The number of hydrogen-bond acceptors (Lipinski definition) is 4. The van der Waals surface area contributed by atoms with E-state index in [1.165, 1.54) is 11.8 Å². The first-order valence-electron chi connectivity index (χ1n) is 3.97. The van der Waals surface area contributed by atoms with E-state index < -0.39 is 0 Å². The lowest BCUT2D eigenvalue weighted by atomic mass is 10.3. The average molecular weight is 193 g/mol. The molecule has 0 aliphatic carbocycles. The minimum atomic E-state index is 0.624. The Bertz CT molecular complexity index is 363. The minimum Gasteiger partial charge on any atom is -0.390 e. The molecule has 0 bridgehead atoms. The van der Waals surface area contributed by atoms with E-state index in [0.717, 1.165) is 10.6 Å². The van der Waals surface area contributed by atoms with Crippen LogP contribution in [0.4, 0.5) is 0 Å². The molecule has 0 saturated carbocycles. The van der Waals surface area contributed by atoms with Gasteiger partial charge in [-0.3, -0.25) is 4.90 Å². The highest BCUT2D eigenvalue weighted by Crippen LogP contribution is 2.37. The Hall–Kier alpha value is -1.29. The monoisotopic (exact) mass is 193 g/mol. The van der Waals surface area contributed by atoms with Gasteiger partial charge in [-0.2, -0.15) is 0 Å². The molecule has 0 spiro atoms. The third-order valence-electron chi connectivity index (χ3n) is 1.89. The van der Waals surface area contributed by atoms with Crippen molar-refractivity contribution in [1.82, 2.24) is 4.90 Å². The Morgan fingerprint density at radius 3 is 2.92 bits per heavy atom. The predicted molar refractivity (Wildman–Crippen MR) is 55.8 cm³/mol. The van der Waals surface area contributed by atoms with Gasteiger partial charge in [-0.1, -0.05) is 23.9 Å². The van der Waals surface area contributed by atoms with Crippen molar-refractivity contribution in [3.8, 4) is 0 Å². The normalized spacial score (nSPS) is 21.2. The molecule has 2 rings (SSSR count). The summed E-state index contributed by atoms with van der Waals surface area (Å²) in [7, 11) is 0. The van der Waals surface area contributed by atoms with Gasteiger partial charge < -0.3 is 11.5 Å². The van der Waals surface area contributed by atoms with Crippen molar-refractivity contribution in [3.63, 3.8) is 0 Å². The molecule has 2 aliphatic heterocycles. The van der Waals surface area contributed by atoms with E-state index >= 15 is 0 Å². The number of nitrogens with two attached hydrogens (primary N) is 2. The quantitative estimate of drug-likeness (QED) is 0.610. The van der Waals surface area contributed by atoms with Crippen LogP contribution in [0.25, 0.3) is 0 Å². The lowest BCUT2D eigenvalue weighted by molar-refractivity contribution is 0.609. The van der Waals surface area contributed by atoms with Crippen LogP contribution in [0.3, 0.4) is 0 Å². The highest BCUT2D eigenvalue weighted by atomic mass is 32.2. The summed E-state index contributed by atoms with van der Waals surface area (Å²) in [6.45, 7) is 2.03. The fraction of sp³-hybridized carbons (Fsp3) is 0.111. The zero-order valence-corrected chi connectivity index (χ0v) is 8.14. The molecule has 0 aromatic rings. The third kappa shape index (κ3) is 1.33. The van der Waals surface area contributed by atoms with Crippen LogP contribution in [0.2, 0.25) is 0 Å². The molecule has 2 heterocycles.